The molecule has 2 aromatic carbocycles. The van der Waals surface area contributed by atoms with Gasteiger partial charge in [0.1, 0.15) is 19.2 Å². The number of rotatable bonds is 8. The summed E-state index contributed by atoms with van der Waals surface area (Å²) in [4.78, 5) is 35.0. The summed E-state index contributed by atoms with van der Waals surface area (Å²) in [5, 5.41) is 14.1. The van der Waals surface area contributed by atoms with Crippen molar-refractivity contribution in [1.29, 1.82) is 0 Å². The molecule has 1 atom stereocenters. The second-order valence-electron chi connectivity index (χ2n) is 6.00. The van der Waals surface area contributed by atoms with Gasteiger partial charge in [0.2, 0.25) is 5.91 Å². The van der Waals surface area contributed by atoms with Crippen molar-refractivity contribution in [3.8, 4) is 0 Å². The van der Waals surface area contributed by atoms with Crippen LogP contribution in [0.3, 0.4) is 0 Å². The minimum atomic E-state index is -1.14. The van der Waals surface area contributed by atoms with E-state index in [2.05, 4.69) is 10.6 Å². The van der Waals surface area contributed by atoms with Gasteiger partial charge in [-0.25, -0.2) is 9.59 Å². The first-order valence-electron chi connectivity index (χ1n) is 8.47. The lowest BCUT2D eigenvalue weighted by molar-refractivity contribution is -0.141. The highest BCUT2D eigenvalue weighted by atomic mass is 16.5. The molecule has 0 aliphatic heterocycles. The molecule has 2 aromatic rings. The minimum absolute atomic E-state index is 0.0827. The van der Waals surface area contributed by atoms with Gasteiger partial charge in [-0.15, -0.1) is 0 Å². The topological polar surface area (TPSA) is 105 Å². The number of alkyl carbamates (subject to hydrolysis) is 1. The Kier molecular flexibility index (Phi) is 7.37. The Morgan fingerprint density at radius 3 is 2.37 bits per heavy atom. The summed E-state index contributed by atoms with van der Waals surface area (Å²) in [6.45, 7) is 1.59. The summed E-state index contributed by atoms with van der Waals surface area (Å²) in [5.41, 5.74) is 2.60. The van der Waals surface area contributed by atoms with Gasteiger partial charge in [-0.05, 0) is 23.6 Å². The lowest BCUT2D eigenvalue weighted by Gasteiger charge is -2.16. The van der Waals surface area contributed by atoms with E-state index in [1.165, 1.54) is 0 Å². The smallest absolute Gasteiger partial charge is 0.407 e. The fourth-order valence-electron chi connectivity index (χ4n) is 2.43. The highest BCUT2D eigenvalue weighted by Gasteiger charge is 2.21. The number of hydrogen-bond donors (Lipinski definition) is 3. The van der Waals surface area contributed by atoms with Crippen LogP contribution in [0.5, 0.6) is 0 Å². The number of benzene rings is 2. The van der Waals surface area contributed by atoms with E-state index in [4.69, 9.17) is 4.74 Å². The zero-order valence-electron chi connectivity index (χ0n) is 15.0. The first-order valence-corrected chi connectivity index (χ1v) is 8.47. The van der Waals surface area contributed by atoms with Gasteiger partial charge in [-0.2, -0.15) is 0 Å². The molecule has 0 bridgehead atoms. The van der Waals surface area contributed by atoms with E-state index < -0.39 is 24.0 Å². The highest BCUT2D eigenvalue weighted by molar-refractivity contribution is 5.86. The first kappa shape index (κ1) is 20.0. The molecule has 0 fully saturated rings. The van der Waals surface area contributed by atoms with Crippen LogP contribution in [0.2, 0.25) is 0 Å². The second kappa shape index (κ2) is 9.96. The minimum Gasteiger partial charge on any atom is -0.480 e. The Morgan fingerprint density at radius 1 is 1.04 bits per heavy atom. The fourth-order valence-corrected chi connectivity index (χ4v) is 2.43. The zero-order chi connectivity index (χ0) is 19.6. The molecule has 7 heteroatoms. The molecule has 2 rings (SSSR count). The molecular weight excluding hydrogens is 348 g/mol. The zero-order valence-corrected chi connectivity index (χ0v) is 15.0. The average Bonchev–Trinajstić information content (AvgIpc) is 2.66. The van der Waals surface area contributed by atoms with Crippen LogP contribution in [0, 0.1) is 6.92 Å². The van der Waals surface area contributed by atoms with Gasteiger partial charge in [0, 0.05) is 6.42 Å². The number of ether oxygens (including phenoxy) is 1. The van der Waals surface area contributed by atoms with Gasteiger partial charge in [-0.1, -0.05) is 54.6 Å². The number of hydrogen-bond acceptors (Lipinski definition) is 4. The van der Waals surface area contributed by atoms with Crippen molar-refractivity contribution in [2.45, 2.75) is 26.0 Å². The predicted octanol–water partition coefficient (Wildman–Crippen LogP) is 2.03. The SMILES string of the molecule is Cc1ccccc1C[C@H](NC(=O)CNC(=O)OCc1ccccc1)C(=O)O. The summed E-state index contributed by atoms with van der Waals surface area (Å²) in [7, 11) is 0. The van der Waals surface area contributed by atoms with Crippen LogP contribution in [0.25, 0.3) is 0 Å². The number of nitrogens with one attached hydrogen (secondary N) is 2. The molecule has 0 aliphatic carbocycles. The Morgan fingerprint density at radius 2 is 1.70 bits per heavy atom. The average molecular weight is 370 g/mol. The number of carboxylic acid groups (broad SMARTS) is 1. The molecular formula is C20H22N2O5. The number of aryl methyl sites for hydroxylation is 1. The first-order chi connectivity index (χ1) is 13.0. The van der Waals surface area contributed by atoms with Gasteiger partial charge in [-0.3, -0.25) is 4.79 Å². The van der Waals surface area contributed by atoms with Gasteiger partial charge in [0.25, 0.3) is 0 Å². The van der Waals surface area contributed by atoms with E-state index >= 15 is 0 Å². The molecule has 2 amide bonds. The van der Waals surface area contributed by atoms with E-state index in [0.717, 1.165) is 16.7 Å². The molecule has 0 radical (unpaired) electrons. The normalized spacial score (nSPS) is 11.3. The number of aliphatic carboxylic acids is 1. The number of amides is 2. The number of carboxylic acids is 1. The van der Waals surface area contributed by atoms with Crippen LogP contribution in [0.15, 0.2) is 54.6 Å². The largest absolute Gasteiger partial charge is 0.480 e. The van der Waals surface area contributed by atoms with E-state index in [0.29, 0.717) is 0 Å². The molecule has 0 aromatic heterocycles. The van der Waals surface area contributed by atoms with Crippen molar-refractivity contribution in [3.05, 3.63) is 71.3 Å². The number of carbonyl (C=O) groups excluding carboxylic acids is 2. The third-order valence-corrected chi connectivity index (χ3v) is 3.92. The maximum atomic E-state index is 12.0. The van der Waals surface area contributed by atoms with E-state index in [-0.39, 0.29) is 19.6 Å². The Labute approximate surface area is 157 Å². The van der Waals surface area contributed by atoms with Crippen LogP contribution in [-0.4, -0.2) is 35.7 Å². The quantitative estimate of drug-likeness (QED) is 0.659. The van der Waals surface area contributed by atoms with Crippen molar-refractivity contribution in [2.24, 2.45) is 0 Å². The third-order valence-electron chi connectivity index (χ3n) is 3.92. The maximum Gasteiger partial charge on any atom is 0.407 e. The molecule has 0 saturated carbocycles. The second-order valence-corrected chi connectivity index (χ2v) is 6.00. The van der Waals surface area contributed by atoms with Crippen LogP contribution in [-0.2, 0) is 27.4 Å². The standard InChI is InChI=1S/C20H22N2O5/c1-14-7-5-6-10-16(14)11-17(19(24)25)22-18(23)12-21-20(26)27-13-15-8-3-2-4-9-15/h2-10,17H,11-13H2,1H3,(H,21,26)(H,22,23)(H,24,25)/t17-/m0/s1. The maximum absolute atomic E-state index is 12.0. The van der Waals surface area contributed by atoms with Crippen molar-refractivity contribution in [3.63, 3.8) is 0 Å². The molecule has 142 valence electrons. The molecule has 27 heavy (non-hydrogen) atoms. The van der Waals surface area contributed by atoms with E-state index in [9.17, 15) is 19.5 Å². The summed E-state index contributed by atoms with van der Waals surface area (Å²) < 4.78 is 5.00. The third kappa shape index (κ3) is 6.81. The van der Waals surface area contributed by atoms with Crippen molar-refractivity contribution < 1.29 is 24.2 Å². The van der Waals surface area contributed by atoms with Crippen LogP contribution >= 0.6 is 0 Å². The number of carbonyl (C=O) groups is 3. The van der Waals surface area contributed by atoms with Crippen molar-refractivity contribution in [2.75, 3.05) is 6.54 Å². The summed E-state index contributed by atoms with van der Waals surface area (Å²) in [6.07, 6.45) is -0.591. The Hall–Kier alpha value is -3.35. The monoisotopic (exact) mass is 370 g/mol. The lowest BCUT2D eigenvalue weighted by Crippen LogP contribution is -2.46. The highest BCUT2D eigenvalue weighted by Crippen LogP contribution is 2.10. The van der Waals surface area contributed by atoms with Crippen molar-refractivity contribution in [1.82, 2.24) is 10.6 Å². The molecule has 0 unspecified atom stereocenters. The summed E-state index contributed by atoms with van der Waals surface area (Å²) in [5.74, 6) is -1.74. The van der Waals surface area contributed by atoms with Crippen molar-refractivity contribution >= 4 is 18.0 Å². The molecule has 0 aliphatic rings. The summed E-state index contributed by atoms with van der Waals surface area (Å²) in [6, 6.07) is 15.4. The molecule has 7 nitrogen and oxygen atoms in total. The fraction of sp³-hybridized carbons (Fsp3) is 0.250. The molecule has 3 N–H and O–H groups in total. The predicted molar refractivity (Wildman–Crippen MR) is 99.1 cm³/mol. The lowest BCUT2D eigenvalue weighted by atomic mass is 10.0. The van der Waals surface area contributed by atoms with Gasteiger partial charge < -0.3 is 20.5 Å². The van der Waals surface area contributed by atoms with Gasteiger partial charge in [0.15, 0.2) is 0 Å². The molecule has 0 spiro atoms. The molecule has 0 heterocycles. The molecule has 0 saturated heterocycles. The van der Waals surface area contributed by atoms with E-state index in [1.807, 2.05) is 61.5 Å². The van der Waals surface area contributed by atoms with Gasteiger partial charge in [0.05, 0.1) is 0 Å². The van der Waals surface area contributed by atoms with E-state index in [1.54, 1.807) is 0 Å². The van der Waals surface area contributed by atoms with Crippen LogP contribution in [0.4, 0.5) is 4.79 Å². The van der Waals surface area contributed by atoms with Crippen LogP contribution in [0.1, 0.15) is 16.7 Å². The van der Waals surface area contributed by atoms with Gasteiger partial charge >= 0.3 is 12.1 Å². The van der Waals surface area contributed by atoms with Crippen LogP contribution < -0.4 is 10.6 Å². The Balaban J connectivity index is 1.79. The summed E-state index contributed by atoms with van der Waals surface area (Å²) >= 11 is 0. The Bertz CT molecular complexity index is 792.